The van der Waals surface area contributed by atoms with Gasteiger partial charge in [-0.15, -0.1) is 0 Å². The quantitative estimate of drug-likeness (QED) is 0.891. The molecule has 1 aromatic carbocycles. The third-order valence-electron chi connectivity index (χ3n) is 3.56. The number of hydrogen-bond donors (Lipinski definition) is 2. The van der Waals surface area contributed by atoms with Crippen LogP contribution in [0.15, 0.2) is 18.2 Å². The van der Waals surface area contributed by atoms with Gasteiger partial charge in [0, 0.05) is 23.8 Å². The third kappa shape index (κ3) is 3.26. The van der Waals surface area contributed by atoms with E-state index < -0.39 is 5.54 Å². The first kappa shape index (κ1) is 14.3. The second-order valence-electron chi connectivity index (χ2n) is 4.96. The van der Waals surface area contributed by atoms with E-state index in [9.17, 15) is 9.90 Å². The standard InChI is InChI=1S/C14H18ClNO3/c1-10-8-11(15)2-3-12(10)13(18)16-14(9-17)4-6-19-7-5-14/h2-3,8,17H,4-7,9H2,1H3,(H,16,18). The lowest BCUT2D eigenvalue weighted by molar-refractivity contribution is 0.0125. The van der Waals surface area contributed by atoms with Gasteiger partial charge in [0.25, 0.3) is 5.91 Å². The Bertz CT molecular complexity index is 470. The normalized spacial score (nSPS) is 18.1. The minimum absolute atomic E-state index is 0.0747. The Hall–Kier alpha value is -1.10. The van der Waals surface area contributed by atoms with E-state index in [-0.39, 0.29) is 12.5 Å². The summed E-state index contributed by atoms with van der Waals surface area (Å²) in [7, 11) is 0. The first-order valence-corrected chi connectivity index (χ1v) is 6.71. The highest BCUT2D eigenvalue weighted by Crippen LogP contribution is 2.22. The van der Waals surface area contributed by atoms with E-state index in [2.05, 4.69) is 5.32 Å². The van der Waals surface area contributed by atoms with Gasteiger partial charge in [-0.1, -0.05) is 11.6 Å². The van der Waals surface area contributed by atoms with Gasteiger partial charge in [-0.3, -0.25) is 4.79 Å². The number of amides is 1. The summed E-state index contributed by atoms with van der Waals surface area (Å²) < 4.78 is 5.27. The SMILES string of the molecule is Cc1cc(Cl)ccc1C(=O)NC1(CO)CCOCC1. The lowest BCUT2D eigenvalue weighted by Gasteiger charge is -2.36. The molecule has 104 valence electrons. The fourth-order valence-electron chi connectivity index (χ4n) is 2.27. The first-order valence-electron chi connectivity index (χ1n) is 6.34. The second kappa shape index (κ2) is 5.90. The van der Waals surface area contributed by atoms with Crippen LogP contribution in [0.4, 0.5) is 0 Å². The van der Waals surface area contributed by atoms with E-state index >= 15 is 0 Å². The summed E-state index contributed by atoms with van der Waals surface area (Å²) >= 11 is 5.88. The van der Waals surface area contributed by atoms with Gasteiger partial charge in [-0.05, 0) is 43.5 Å². The number of halogens is 1. The number of ether oxygens (including phenoxy) is 1. The van der Waals surface area contributed by atoms with E-state index in [1.165, 1.54) is 0 Å². The third-order valence-corrected chi connectivity index (χ3v) is 3.80. The summed E-state index contributed by atoms with van der Waals surface area (Å²) in [6, 6.07) is 5.16. The summed E-state index contributed by atoms with van der Waals surface area (Å²) in [6.07, 6.45) is 1.25. The lowest BCUT2D eigenvalue weighted by Crippen LogP contribution is -2.54. The van der Waals surface area contributed by atoms with Gasteiger partial charge in [0.15, 0.2) is 0 Å². The van der Waals surface area contributed by atoms with E-state index in [0.717, 1.165) is 5.56 Å². The largest absolute Gasteiger partial charge is 0.394 e. The molecule has 0 atom stereocenters. The van der Waals surface area contributed by atoms with Crippen molar-refractivity contribution < 1.29 is 14.6 Å². The van der Waals surface area contributed by atoms with Crippen LogP contribution in [0.5, 0.6) is 0 Å². The van der Waals surface area contributed by atoms with Crippen molar-refractivity contribution >= 4 is 17.5 Å². The molecule has 19 heavy (non-hydrogen) atoms. The Kier molecular flexibility index (Phi) is 4.45. The summed E-state index contributed by atoms with van der Waals surface area (Å²) in [5.41, 5.74) is 0.843. The number of aliphatic hydroxyl groups excluding tert-OH is 1. The van der Waals surface area contributed by atoms with Crippen molar-refractivity contribution in [2.45, 2.75) is 25.3 Å². The van der Waals surface area contributed by atoms with Crippen molar-refractivity contribution in [2.24, 2.45) is 0 Å². The highest BCUT2D eigenvalue weighted by Gasteiger charge is 2.33. The van der Waals surface area contributed by atoms with Crippen molar-refractivity contribution in [1.29, 1.82) is 0 Å². The van der Waals surface area contributed by atoms with Gasteiger partial charge >= 0.3 is 0 Å². The predicted octanol–water partition coefficient (Wildman–Crippen LogP) is 1.92. The molecule has 0 spiro atoms. The average Bonchev–Trinajstić information content (AvgIpc) is 2.39. The molecule has 0 unspecified atom stereocenters. The Morgan fingerprint density at radius 2 is 2.16 bits per heavy atom. The molecule has 2 N–H and O–H groups in total. The second-order valence-corrected chi connectivity index (χ2v) is 5.40. The van der Waals surface area contributed by atoms with Crippen LogP contribution in [0.1, 0.15) is 28.8 Å². The Balaban J connectivity index is 2.15. The lowest BCUT2D eigenvalue weighted by atomic mass is 9.90. The number of aryl methyl sites for hydroxylation is 1. The molecule has 1 aromatic rings. The maximum absolute atomic E-state index is 12.3. The number of carbonyl (C=O) groups excluding carboxylic acids is 1. The van der Waals surface area contributed by atoms with Crippen molar-refractivity contribution in [2.75, 3.05) is 19.8 Å². The van der Waals surface area contributed by atoms with Gasteiger partial charge in [-0.2, -0.15) is 0 Å². The molecule has 5 heteroatoms. The zero-order valence-corrected chi connectivity index (χ0v) is 11.7. The van der Waals surface area contributed by atoms with Crippen molar-refractivity contribution in [3.63, 3.8) is 0 Å². The summed E-state index contributed by atoms with van der Waals surface area (Å²) in [6.45, 7) is 2.88. The van der Waals surface area contributed by atoms with E-state index in [1.807, 2.05) is 6.92 Å². The van der Waals surface area contributed by atoms with Gasteiger partial charge in [-0.25, -0.2) is 0 Å². The molecule has 0 aromatic heterocycles. The number of hydrogen-bond acceptors (Lipinski definition) is 3. The predicted molar refractivity (Wildman–Crippen MR) is 73.5 cm³/mol. The number of rotatable bonds is 3. The van der Waals surface area contributed by atoms with Crippen molar-refractivity contribution in [3.05, 3.63) is 34.3 Å². The minimum atomic E-state index is -0.568. The molecule has 1 amide bonds. The number of aliphatic hydroxyl groups is 1. The van der Waals surface area contributed by atoms with Gasteiger partial charge in [0.2, 0.25) is 0 Å². The van der Waals surface area contributed by atoms with Gasteiger partial charge in [0.1, 0.15) is 0 Å². The zero-order chi connectivity index (χ0) is 13.9. The Morgan fingerprint density at radius 1 is 1.47 bits per heavy atom. The molecule has 0 aliphatic carbocycles. The molecular formula is C14H18ClNO3. The zero-order valence-electron chi connectivity index (χ0n) is 10.9. The molecule has 0 saturated carbocycles. The Labute approximate surface area is 117 Å². The highest BCUT2D eigenvalue weighted by molar-refractivity contribution is 6.30. The van der Waals surface area contributed by atoms with Crippen LogP contribution < -0.4 is 5.32 Å². The smallest absolute Gasteiger partial charge is 0.252 e. The van der Waals surface area contributed by atoms with Crippen LogP contribution in [-0.4, -0.2) is 36.4 Å². The van der Waals surface area contributed by atoms with Crippen LogP contribution in [0.3, 0.4) is 0 Å². The molecule has 1 fully saturated rings. The topological polar surface area (TPSA) is 58.6 Å². The maximum atomic E-state index is 12.3. The molecule has 0 radical (unpaired) electrons. The van der Waals surface area contributed by atoms with E-state index in [4.69, 9.17) is 16.3 Å². The van der Waals surface area contributed by atoms with Crippen LogP contribution in [0.25, 0.3) is 0 Å². The minimum Gasteiger partial charge on any atom is -0.394 e. The molecule has 1 saturated heterocycles. The van der Waals surface area contributed by atoms with E-state index in [0.29, 0.717) is 36.6 Å². The van der Waals surface area contributed by atoms with Gasteiger partial charge in [0.05, 0.1) is 12.1 Å². The van der Waals surface area contributed by atoms with Crippen LogP contribution in [-0.2, 0) is 4.74 Å². The van der Waals surface area contributed by atoms with Crippen LogP contribution >= 0.6 is 11.6 Å². The fraction of sp³-hybridized carbons (Fsp3) is 0.500. The Morgan fingerprint density at radius 3 is 2.74 bits per heavy atom. The molecule has 1 aliphatic rings. The number of carbonyl (C=O) groups is 1. The first-order chi connectivity index (χ1) is 9.06. The summed E-state index contributed by atoms with van der Waals surface area (Å²) in [5, 5.41) is 13.1. The van der Waals surface area contributed by atoms with Crippen molar-refractivity contribution in [3.8, 4) is 0 Å². The maximum Gasteiger partial charge on any atom is 0.252 e. The van der Waals surface area contributed by atoms with E-state index in [1.54, 1.807) is 18.2 Å². The molecule has 1 heterocycles. The molecular weight excluding hydrogens is 266 g/mol. The molecule has 1 aliphatic heterocycles. The molecule has 2 rings (SSSR count). The average molecular weight is 284 g/mol. The van der Waals surface area contributed by atoms with Crippen LogP contribution in [0, 0.1) is 6.92 Å². The fourth-order valence-corrected chi connectivity index (χ4v) is 2.50. The monoisotopic (exact) mass is 283 g/mol. The molecule has 0 bridgehead atoms. The number of benzene rings is 1. The van der Waals surface area contributed by atoms with Crippen molar-refractivity contribution in [1.82, 2.24) is 5.32 Å². The molecule has 4 nitrogen and oxygen atoms in total. The summed E-state index contributed by atoms with van der Waals surface area (Å²) in [4.78, 5) is 12.3. The highest BCUT2D eigenvalue weighted by atomic mass is 35.5. The van der Waals surface area contributed by atoms with Gasteiger partial charge < -0.3 is 15.2 Å². The number of nitrogens with one attached hydrogen (secondary N) is 1. The summed E-state index contributed by atoms with van der Waals surface area (Å²) in [5.74, 6) is -0.176. The van der Waals surface area contributed by atoms with Crippen LogP contribution in [0.2, 0.25) is 5.02 Å².